The topological polar surface area (TPSA) is 63.6 Å². The van der Waals surface area contributed by atoms with E-state index in [4.69, 9.17) is 0 Å². The van der Waals surface area contributed by atoms with Crippen LogP contribution in [0.4, 0.5) is 0 Å². The van der Waals surface area contributed by atoms with E-state index in [0.29, 0.717) is 22.0 Å². The number of rotatable bonds is 2. The number of H-pyrrole nitrogens is 1. The van der Waals surface area contributed by atoms with E-state index in [1.165, 1.54) is 12.8 Å². The number of hydrogen-bond acceptors (Lipinski definition) is 3. The molecule has 2 aromatic heterocycles. The first-order valence-electron chi connectivity index (χ1n) is 6.44. The van der Waals surface area contributed by atoms with E-state index in [1.54, 1.807) is 6.20 Å². The maximum absolute atomic E-state index is 12.0. The fourth-order valence-corrected chi connectivity index (χ4v) is 3.16. The van der Waals surface area contributed by atoms with Crippen molar-refractivity contribution in [3.05, 3.63) is 32.9 Å². The Morgan fingerprint density at radius 2 is 2.16 bits per heavy atom. The first kappa shape index (κ1) is 12.6. The average Bonchev–Trinajstić information content (AvgIpc) is 3.03. The van der Waals surface area contributed by atoms with Crippen molar-refractivity contribution in [1.29, 1.82) is 0 Å². The zero-order chi connectivity index (χ0) is 13.4. The van der Waals surface area contributed by atoms with Gasteiger partial charge in [-0.3, -0.25) is 4.79 Å². The number of nitrogens with one attached hydrogen (secondary N) is 1. The number of aromatic nitrogens is 4. The molecular weight excluding hydrogens is 308 g/mol. The summed E-state index contributed by atoms with van der Waals surface area (Å²) in [6.07, 6.45) is 8.18. The van der Waals surface area contributed by atoms with Crippen LogP contribution in [0.2, 0.25) is 0 Å². The van der Waals surface area contributed by atoms with Gasteiger partial charge in [-0.05, 0) is 28.8 Å². The second-order valence-corrected chi connectivity index (χ2v) is 5.75. The first-order valence-corrected chi connectivity index (χ1v) is 7.23. The van der Waals surface area contributed by atoms with Crippen LogP contribution in [0.3, 0.4) is 0 Å². The van der Waals surface area contributed by atoms with E-state index in [-0.39, 0.29) is 5.56 Å². The van der Waals surface area contributed by atoms with Crippen LogP contribution < -0.4 is 5.56 Å². The van der Waals surface area contributed by atoms with Crippen LogP contribution in [0.5, 0.6) is 0 Å². The molecule has 2 aromatic rings. The quantitative estimate of drug-likeness (QED) is 0.924. The molecule has 1 aliphatic carbocycles. The van der Waals surface area contributed by atoms with Crippen molar-refractivity contribution in [2.75, 3.05) is 0 Å². The molecule has 0 amide bonds. The van der Waals surface area contributed by atoms with Gasteiger partial charge in [-0.1, -0.05) is 12.8 Å². The minimum Gasteiger partial charge on any atom is -0.331 e. The molecule has 0 atom stereocenters. The monoisotopic (exact) mass is 322 g/mol. The summed E-state index contributed by atoms with van der Waals surface area (Å²) in [5, 5.41) is 0. The number of imidazole rings is 1. The minimum atomic E-state index is -0.130. The van der Waals surface area contributed by atoms with Crippen molar-refractivity contribution in [2.45, 2.75) is 31.6 Å². The van der Waals surface area contributed by atoms with E-state index in [0.717, 1.165) is 18.5 Å². The molecule has 0 bridgehead atoms. The van der Waals surface area contributed by atoms with Crippen LogP contribution in [-0.4, -0.2) is 19.5 Å². The summed E-state index contributed by atoms with van der Waals surface area (Å²) >= 11 is 3.37. The molecule has 0 aromatic carbocycles. The van der Waals surface area contributed by atoms with Gasteiger partial charge >= 0.3 is 0 Å². The molecule has 3 rings (SSSR count). The number of hydrogen-bond donors (Lipinski definition) is 1. The number of halogens is 1. The Morgan fingerprint density at radius 3 is 2.79 bits per heavy atom. The minimum absolute atomic E-state index is 0.130. The summed E-state index contributed by atoms with van der Waals surface area (Å²) in [7, 11) is 1.89. The summed E-state index contributed by atoms with van der Waals surface area (Å²) < 4.78 is 2.42. The summed E-state index contributed by atoms with van der Waals surface area (Å²) in [5.74, 6) is 1.61. The fraction of sp³-hybridized carbons (Fsp3) is 0.462. The van der Waals surface area contributed by atoms with E-state index >= 15 is 0 Å². The molecule has 1 fully saturated rings. The predicted molar refractivity (Wildman–Crippen MR) is 76.0 cm³/mol. The highest BCUT2D eigenvalue weighted by Gasteiger charge is 2.23. The predicted octanol–water partition coefficient (Wildman–Crippen LogP) is 2.59. The van der Waals surface area contributed by atoms with E-state index in [2.05, 4.69) is 30.9 Å². The molecular formula is C13H15BrN4O. The fourth-order valence-electron chi connectivity index (χ4n) is 2.65. The zero-order valence-corrected chi connectivity index (χ0v) is 12.3. The van der Waals surface area contributed by atoms with Crippen molar-refractivity contribution in [3.63, 3.8) is 0 Å². The average molecular weight is 323 g/mol. The Morgan fingerprint density at radius 1 is 1.42 bits per heavy atom. The summed E-state index contributed by atoms with van der Waals surface area (Å²) in [4.78, 5) is 23.7. The Labute approximate surface area is 119 Å². The van der Waals surface area contributed by atoms with Crippen LogP contribution in [0.15, 0.2) is 21.7 Å². The molecule has 1 saturated carbocycles. The molecule has 0 unspecified atom stereocenters. The third-order valence-corrected chi connectivity index (χ3v) is 4.43. The molecule has 19 heavy (non-hydrogen) atoms. The largest absolute Gasteiger partial charge is 0.331 e. The lowest BCUT2D eigenvalue weighted by molar-refractivity contribution is 0.686. The second-order valence-electron chi connectivity index (χ2n) is 4.96. The smallest absolute Gasteiger partial charge is 0.265 e. The van der Waals surface area contributed by atoms with Crippen molar-refractivity contribution in [2.24, 2.45) is 7.05 Å². The number of nitrogens with zero attached hydrogens (tertiary/aromatic N) is 3. The molecule has 1 N–H and O–H groups in total. The third-order valence-electron chi connectivity index (χ3n) is 3.66. The van der Waals surface area contributed by atoms with Crippen molar-refractivity contribution >= 4 is 15.9 Å². The second kappa shape index (κ2) is 4.92. The van der Waals surface area contributed by atoms with Crippen molar-refractivity contribution in [3.8, 4) is 11.6 Å². The van der Waals surface area contributed by atoms with E-state index < -0.39 is 0 Å². The highest BCUT2D eigenvalue weighted by atomic mass is 79.9. The molecule has 0 spiro atoms. The lowest BCUT2D eigenvalue weighted by Gasteiger charge is -2.11. The SMILES string of the molecule is Cn1ccnc1-c1nc(C2CCCC2)c(Br)c(=O)[nH]1. The summed E-state index contributed by atoms with van der Waals surface area (Å²) in [5.41, 5.74) is 0.745. The maximum Gasteiger partial charge on any atom is 0.265 e. The van der Waals surface area contributed by atoms with Gasteiger partial charge in [0.15, 0.2) is 11.6 Å². The Balaban J connectivity index is 2.12. The van der Waals surface area contributed by atoms with Crippen molar-refractivity contribution in [1.82, 2.24) is 19.5 Å². The van der Waals surface area contributed by atoms with Gasteiger partial charge in [0.2, 0.25) is 0 Å². The van der Waals surface area contributed by atoms with Gasteiger partial charge in [-0.2, -0.15) is 0 Å². The molecule has 5 nitrogen and oxygen atoms in total. The Hall–Kier alpha value is -1.43. The lowest BCUT2D eigenvalue weighted by atomic mass is 10.0. The highest BCUT2D eigenvalue weighted by molar-refractivity contribution is 9.10. The molecule has 0 saturated heterocycles. The highest BCUT2D eigenvalue weighted by Crippen LogP contribution is 2.35. The maximum atomic E-state index is 12.0. The van der Waals surface area contributed by atoms with Crippen LogP contribution in [0.1, 0.15) is 37.3 Å². The third kappa shape index (κ3) is 2.25. The van der Waals surface area contributed by atoms with Gasteiger partial charge in [0.1, 0.15) is 4.47 Å². The normalized spacial score (nSPS) is 16.1. The molecule has 6 heteroatoms. The van der Waals surface area contributed by atoms with E-state index in [1.807, 2.05) is 17.8 Å². The molecule has 0 aliphatic heterocycles. The van der Waals surface area contributed by atoms with Crippen LogP contribution in [0, 0.1) is 0 Å². The Bertz CT molecular complexity index is 655. The molecule has 100 valence electrons. The Kier molecular flexibility index (Phi) is 3.26. The van der Waals surface area contributed by atoms with Gasteiger partial charge in [-0.15, -0.1) is 0 Å². The van der Waals surface area contributed by atoms with Gasteiger partial charge in [-0.25, -0.2) is 9.97 Å². The van der Waals surface area contributed by atoms with Crippen LogP contribution >= 0.6 is 15.9 Å². The zero-order valence-electron chi connectivity index (χ0n) is 10.7. The van der Waals surface area contributed by atoms with Gasteiger partial charge < -0.3 is 9.55 Å². The summed E-state index contributed by atoms with van der Waals surface area (Å²) in [6, 6.07) is 0. The molecule has 2 heterocycles. The number of aryl methyl sites for hydroxylation is 1. The number of aromatic amines is 1. The van der Waals surface area contributed by atoms with E-state index in [9.17, 15) is 4.79 Å². The first-order chi connectivity index (χ1) is 9.16. The van der Waals surface area contributed by atoms with Gasteiger partial charge in [0.25, 0.3) is 5.56 Å². The standard InChI is InChI=1S/C13H15BrN4O/c1-18-7-6-15-12(18)11-16-10(8-4-2-3-5-8)9(14)13(19)17-11/h6-8H,2-5H2,1H3,(H,16,17,19). The molecule has 0 radical (unpaired) electrons. The van der Waals surface area contributed by atoms with Crippen LogP contribution in [0.25, 0.3) is 11.6 Å². The van der Waals surface area contributed by atoms with Crippen molar-refractivity contribution < 1.29 is 0 Å². The van der Waals surface area contributed by atoms with Gasteiger partial charge in [0, 0.05) is 25.4 Å². The van der Waals surface area contributed by atoms with Gasteiger partial charge in [0.05, 0.1) is 5.69 Å². The van der Waals surface area contributed by atoms with Crippen LogP contribution in [-0.2, 0) is 7.05 Å². The lowest BCUT2D eigenvalue weighted by Crippen LogP contribution is -2.16. The summed E-state index contributed by atoms with van der Waals surface area (Å²) in [6.45, 7) is 0. The molecule has 1 aliphatic rings.